The van der Waals surface area contributed by atoms with Crippen LogP contribution in [0.4, 0.5) is 0 Å². The van der Waals surface area contributed by atoms with Crippen molar-refractivity contribution in [1.82, 2.24) is 4.98 Å². The fourth-order valence-electron chi connectivity index (χ4n) is 2.70. The highest BCUT2D eigenvalue weighted by molar-refractivity contribution is 6.18. The molecule has 0 radical (unpaired) electrons. The summed E-state index contributed by atoms with van der Waals surface area (Å²) < 4.78 is 5.95. The molecule has 3 heteroatoms. The van der Waals surface area contributed by atoms with Crippen molar-refractivity contribution in [1.29, 1.82) is 0 Å². The number of fused-ring (bicyclic) bond motifs is 1. The van der Waals surface area contributed by atoms with Crippen LogP contribution >= 0.6 is 11.6 Å². The number of ether oxygens (including phenoxy) is 1. The molecule has 2 unspecified atom stereocenters. The molecule has 3 rings (SSSR count). The molecule has 18 heavy (non-hydrogen) atoms. The minimum atomic E-state index is 0.0925. The van der Waals surface area contributed by atoms with Crippen molar-refractivity contribution >= 4 is 22.5 Å². The number of benzene rings is 1. The standard InChI is InChI=1S/C15H16ClNO/c16-10-12-6-3-9-18-15(12)13-7-1-4-11-5-2-8-17-14(11)13/h1-2,4-5,7-8,12,15H,3,6,9-10H2. The number of pyridine rings is 1. The Morgan fingerprint density at radius 1 is 1.28 bits per heavy atom. The molecule has 0 spiro atoms. The van der Waals surface area contributed by atoms with E-state index in [0.717, 1.165) is 30.4 Å². The van der Waals surface area contributed by atoms with E-state index in [1.807, 2.05) is 12.3 Å². The van der Waals surface area contributed by atoms with Gasteiger partial charge in [0.15, 0.2) is 0 Å². The van der Waals surface area contributed by atoms with E-state index in [-0.39, 0.29) is 6.10 Å². The highest BCUT2D eigenvalue weighted by Gasteiger charge is 2.28. The normalized spacial score (nSPS) is 24.3. The summed E-state index contributed by atoms with van der Waals surface area (Å²) in [4.78, 5) is 4.50. The lowest BCUT2D eigenvalue weighted by atomic mass is 9.90. The molecule has 2 atom stereocenters. The third kappa shape index (κ3) is 2.11. The average Bonchev–Trinajstić information content (AvgIpc) is 2.46. The molecule has 0 bridgehead atoms. The third-order valence-electron chi connectivity index (χ3n) is 3.61. The van der Waals surface area contributed by atoms with Crippen LogP contribution in [-0.4, -0.2) is 17.5 Å². The fourth-order valence-corrected chi connectivity index (χ4v) is 3.02. The summed E-state index contributed by atoms with van der Waals surface area (Å²) in [5.41, 5.74) is 2.22. The molecule has 0 N–H and O–H groups in total. The van der Waals surface area contributed by atoms with Gasteiger partial charge < -0.3 is 4.74 Å². The van der Waals surface area contributed by atoms with Crippen LogP contribution in [0.25, 0.3) is 10.9 Å². The van der Waals surface area contributed by atoms with E-state index in [9.17, 15) is 0 Å². The zero-order chi connectivity index (χ0) is 12.4. The van der Waals surface area contributed by atoms with E-state index in [0.29, 0.717) is 11.8 Å². The summed E-state index contributed by atoms with van der Waals surface area (Å²) in [5.74, 6) is 1.04. The molecule has 0 aliphatic carbocycles. The summed E-state index contributed by atoms with van der Waals surface area (Å²) in [6, 6.07) is 10.3. The molecule has 0 amide bonds. The van der Waals surface area contributed by atoms with Crippen molar-refractivity contribution in [3.8, 4) is 0 Å². The van der Waals surface area contributed by atoms with Crippen LogP contribution in [0, 0.1) is 5.92 Å². The molecule has 2 aromatic rings. The quantitative estimate of drug-likeness (QED) is 0.764. The predicted octanol–water partition coefficient (Wildman–Crippen LogP) is 3.94. The maximum atomic E-state index is 6.08. The molecule has 2 nitrogen and oxygen atoms in total. The number of halogens is 1. The Hall–Kier alpha value is -1.12. The molecule has 1 aliphatic rings. The van der Waals surface area contributed by atoms with E-state index >= 15 is 0 Å². The first-order valence-corrected chi connectivity index (χ1v) is 6.95. The zero-order valence-corrected chi connectivity index (χ0v) is 10.9. The summed E-state index contributed by atoms with van der Waals surface area (Å²) in [6.45, 7) is 0.821. The van der Waals surface area contributed by atoms with Crippen LogP contribution in [0.15, 0.2) is 36.5 Å². The second-order valence-corrected chi connectivity index (χ2v) is 5.08. The molecule has 1 aromatic heterocycles. The molecule has 1 saturated heterocycles. The minimum absolute atomic E-state index is 0.0925. The van der Waals surface area contributed by atoms with Gasteiger partial charge in [0.1, 0.15) is 0 Å². The van der Waals surface area contributed by atoms with Gasteiger partial charge in [-0.05, 0) is 18.9 Å². The Kier molecular flexibility index (Phi) is 3.48. The molecule has 2 heterocycles. The first kappa shape index (κ1) is 11.9. The lowest BCUT2D eigenvalue weighted by Crippen LogP contribution is -2.24. The van der Waals surface area contributed by atoms with Gasteiger partial charge in [-0.1, -0.05) is 24.3 Å². The topological polar surface area (TPSA) is 22.1 Å². The Morgan fingerprint density at radius 2 is 2.17 bits per heavy atom. The van der Waals surface area contributed by atoms with E-state index in [1.165, 1.54) is 5.56 Å². The van der Waals surface area contributed by atoms with Crippen LogP contribution in [0.5, 0.6) is 0 Å². The van der Waals surface area contributed by atoms with Crippen molar-refractivity contribution in [3.05, 3.63) is 42.1 Å². The number of alkyl halides is 1. The van der Waals surface area contributed by atoms with Gasteiger partial charge in [-0.25, -0.2) is 0 Å². The van der Waals surface area contributed by atoms with Crippen LogP contribution in [-0.2, 0) is 4.74 Å². The highest BCUT2D eigenvalue weighted by Crippen LogP contribution is 2.36. The van der Waals surface area contributed by atoms with Crippen LogP contribution < -0.4 is 0 Å². The smallest absolute Gasteiger partial charge is 0.0885 e. The number of aromatic nitrogens is 1. The maximum absolute atomic E-state index is 6.08. The van der Waals surface area contributed by atoms with Gasteiger partial charge in [0.05, 0.1) is 11.6 Å². The van der Waals surface area contributed by atoms with Crippen LogP contribution in [0.3, 0.4) is 0 Å². The van der Waals surface area contributed by atoms with Crippen molar-refractivity contribution in [2.75, 3.05) is 12.5 Å². The molecular weight excluding hydrogens is 246 g/mol. The van der Waals surface area contributed by atoms with Crippen molar-refractivity contribution < 1.29 is 4.74 Å². The van der Waals surface area contributed by atoms with Crippen molar-refractivity contribution in [2.45, 2.75) is 18.9 Å². The largest absolute Gasteiger partial charge is 0.373 e. The van der Waals surface area contributed by atoms with Gasteiger partial charge in [-0.2, -0.15) is 0 Å². The molecule has 1 fully saturated rings. The molecule has 1 aliphatic heterocycles. The van der Waals surface area contributed by atoms with Gasteiger partial charge in [-0.3, -0.25) is 4.98 Å². The van der Waals surface area contributed by atoms with E-state index in [1.54, 1.807) is 0 Å². The van der Waals surface area contributed by atoms with Gasteiger partial charge in [-0.15, -0.1) is 11.6 Å². The summed E-state index contributed by atoms with van der Waals surface area (Å²) in [5, 5.41) is 1.16. The number of hydrogen-bond acceptors (Lipinski definition) is 2. The van der Waals surface area contributed by atoms with Gasteiger partial charge in [0.2, 0.25) is 0 Å². The molecule has 94 valence electrons. The number of hydrogen-bond donors (Lipinski definition) is 0. The lowest BCUT2D eigenvalue weighted by Gasteiger charge is -2.31. The maximum Gasteiger partial charge on any atom is 0.0885 e. The Bertz CT molecular complexity index is 538. The minimum Gasteiger partial charge on any atom is -0.373 e. The monoisotopic (exact) mass is 261 g/mol. The van der Waals surface area contributed by atoms with Gasteiger partial charge in [0.25, 0.3) is 0 Å². The van der Waals surface area contributed by atoms with Crippen molar-refractivity contribution in [3.63, 3.8) is 0 Å². The van der Waals surface area contributed by atoms with Crippen LogP contribution in [0.2, 0.25) is 0 Å². The number of rotatable bonds is 2. The number of nitrogens with zero attached hydrogens (tertiary/aromatic N) is 1. The Morgan fingerprint density at radius 3 is 3.06 bits per heavy atom. The summed E-state index contributed by atoms with van der Waals surface area (Å²) in [6.07, 6.45) is 4.17. The zero-order valence-electron chi connectivity index (χ0n) is 10.2. The Labute approximate surface area is 112 Å². The first-order valence-electron chi connectivity index (χ1n) is 6.41. The highest BCUT2D eigenvalue weighted by atomic mass is 35.5. The second-order valence-electron chi connectivity index (χ2n) is 4.77. The number of para-hydroxylation sites is 1. The SMILES string of the molecule is ClCC1CCCOC1c1cccc2cccnc12. The summed E-state index contributed by atoms with van der Waals surface area (Å²) >= 11 is 6.08. The molecule has 0 saturated carbocycles. The fraction of sp³-hybridized carbons (Fsp3) is 0.400. The van der Waals surface area contributed by atoms with Crippen molar-refractivity contribution in [2.24, 2.45) is 5.92 Å². The van der Waals surface area contributed by atoms with Gasteiger partial charge >= 0.3 is 0 Å². The van der Waals surface area contributed by atoms with E-state index in [2.05, 4.69) is 29.2 Å². The van der Waals surface area contributed by atoms with Crippen LogP contribution in [0.1, 0.15) is 24.5 Å². The lowest BCUT2D eigenvalue weighted by molar-refractivity contribution is -0.0200. The summed E-state index contributed by atoms with van der Waals surface area (Å²) in [7, 11) is 0. The van der Waals surface area contributed by atoms with E-state index < -0.39 is 0 Å². The van der Waals surface area contributed by atoms with Gasteiger partial charge in [0, 0.05) is 35.6 Å². The van der Waals surface area contributed by atoms with E-state index in [4.69, 9.17) is 16.3 Å². The molecular formula is C15H16ClNO. The Balaban J connectivity index is 2.07. The average molecular weight is 262 g/mol. The third-order valence-corrected chi connectivity index (χ3v) is 4.01. The molecule has 1 aromatic carbocycles. The first-order chi connectivity index (χ1) is 8.90. The second kappa shape index (κ2) is 5.25. The predicted molar refractivity (Wildman–Crippen MR) is 73.9 cm³/mol.